The first-order chi connectivity index (χ1) is 7.86. The monoisotopic (exact) mass is 210 g/mol. The molecule has 1 atom stereocenters. The molecule has 1 heteroatoms. The Morgan fingerprint density at radius 3 is 2.38 bits per heavy atom. The molecule has 80 valence electrons. The van der Waals surface area contributed by atoms with Crippen LogP contribution < -0.4 is 0 Å². The Morgan fingerprint density at radius 2 is 1.56 bits per heavy atom. The van der Waals surface area contributed by atoms with Crippen LogP contribution in [0.4, 0.5) is 0 Å². The van der Waals surface area contributed by atoms with Gasteiger partial charge >= 0.3 is 0 Å². The lowest BCUT2D eigenvalue weighted by molar-refractivity contribution is 0.464. The normalized spacial score (nSPS) is 18.4. The molecule has 0 fully saturated rings. The van der Waals surface area contributed by atoms with Gasteiger partial charge in [0.25, 0.3) is 0 Å². The summed E-state index contributed by atoms with van der Waals surface area (Å²) in [5.74, 6) is 0.793. The second-order valence-electron chi connectivity index (χ2n) is 4.35. The van der Waals surface area contributed by atoms with E-state index < -0.39 is 0 Å². The molecular formula is C15H14O. The van der Waals surface area contributed by atoms with Crippen LogP contribution in [0.3, 0.4) is 0 Å². The first kappa shape index (κ1) is 9.46. The Morgan fingerprint density at radius 1 is 0.875 bits per heavy atom. The Bertz CT molecular complexity index is 516. The van der Waals surface area contributed by atoms with E-state index in [9.17, 15) is 5.11 Å². The molecular weight excluding hydrogens is 196 g/mol. The summed E-state index contributed by atoms with van der Waals surface area (Å²) < 4.78 is 0. The van der Waals surface area contributed by atoms with Gasteiger partial charge in [-0.05, 0) is 30.0 Å². The van der Waals surface area contributed by atoms with Crippen LogP contribution in [0.5, 0.6) is 5.75 Å². The van der Waals surface area contributed by atoms with E-state index in [1.807, 2.05) is 18.2 Å². The van der Waals surface area contributed by atoms with Crippen LogP contribution in [0.15, 0.2) is 48.5 Å². The lowest BCUT2D eigenvalue weighted by Gasteiger charge is -2.13. The molecule has 0 spiro atoms. The SMILES string of the molecule is Oc1ccccc1[C@@H]1CCc2ccccc21. The fourth-order valence-electron chi connectivity index (χ4n) is 2.66. The van der Waals surface area contributed by atoms with Crippen molar-refractivity contribution in [1.82, 2.24) is 0 Å². The van der Waals surface area contributed by atoms with E-state index in [0.29, 0.717) is 11.7 Å². The summed E-state index contributed by atoms with van der Waals surface area (Å²) in [6.45, 7) is 0. The van der Waals surface area contributed by atoms with Crippen LogP contribution in [0, 0.1) is 0 Å². The minimum absolute atomic E-state index is 0.373. The predicted molar refractivity (Wildman–Crippen MR) is 64.7 cm³/mol. The molecule has 2 aromatic rings. The van der Waals surface area contributed by atoms with Crippen molar-refractivity contribution in [2.75, 3.05) is 0 Å². The van der Waals surface area contributed by atoms with E-state index >= 15 is 0 Å². The number of para-hydroxylation sites is 1. The lowest BCUT2D eigenvalue weighted by Crippen LogP contribution is -1.96. The molecule has 0 heterocycles. The molecule has 0 saturated carbocycles. The number of benzene rings is 2. The van der Waals surface area contributed by atoms with E-state index in [2.05, 4.69) is 24.3 Å². The van der Waals surface area contributed by atoms with Crippen LogP contribution >= 0.6 is 0 Å². The van der Waals surface area contributed by atoms with E-state index in [4.69, 9.17) is 0 Å². The molecule has 2 aromatic carbocycles. The highest BCUT2D eigenvalue weighted by atomic mass is 16.3. The second kappa shape index (κ2) is 3.67. The minimum Gasteiger partial charge on any atom is -0.508 e. The fraction of sp³-hybridized carbons (Fsp3) is 0.200. The summed E-state index contributed by atoms with van der Waals surface area (Å²) in [7, 11) is 0. The standard InChI is InChI=1S/C15H14O/c16-15-8-4-3-7-14(15)13-10-9-11-5-1-2-6-12(11)13/h1-8,13,16H,9-10H2/t13-/m1/s1. The molecule has 0 aromatic heterocycles. The van der Waals surface area contributed by atoms with Crippen LogP contribution in [-0.4, -0.2) is 5.11 Å². The number of phenols is 1. The second-order valence-corrected chi connectivity index (χ2v) is 4.35. The fourth-order valence-corrected chi connectivity index (χ4v) is 2.66. The van der Waals surface area contributed by atoms with Crippen LogP contribution in [0.1, 0.15) is 29.0 Å². The number of fused-ring (bicyclic) bond motifs is 1. The van der Waals surface area contributed by atoms with Crippen molar-refractivity contribution in [2.45, 2.75) is 18.8 Å². The summed E-state index contributed by atoms with van der Waals surface area (Å²) in [6.07, 6.45) is 2.23. The lowest BCUT2D eigenvalue weighted by atomic mass is 9.92. The van der Waals surface area contributed by atoms with E-state index in [-0.39, 0.29) is 0 Å². The molecule has 1 aliphatic carbocycles. The van der Waals surface area contributed by atoms with Gasteiger partial charge in [-0.15, -0.1) is 0 Å². The smallest absolute Gasteiger partial charge is 0.119 e. The van der Waals surface area contributed by atoms with Crippen molar-refractivity contribution in [3.63, 3.8) is 0 Å². The van der Waals surface area contributed by atoms with E-state index in [1.165, 1.54) is 11.1 Å². The Kier molecular flexibility index (Phi) is 2.17. The quantitative estimate of drug-likeness (QED) is 0.764. The van der Waals surface area contributed by atoms with Crippen LogP contribution in [-0.2, 0) is 6.42 Å². The van der Waals surface area contributed by atoms with Gasteiger partial charge in [-0.25, -0.2) is 0 Å². The van der Waals surface area contributed by atoms with Crippen molar-refractivity contribution in [2.24, 2.45) is 0 Å². The zero-order valence-electron chi connectivity index (χ0n) is 9.06. The number of aromatic hydroxyl groups is 1. The minimum atomic E-state index is 0.373. The number of hydrogen-bond donors (Lipinski definition) is 1. The van der Waals surface area contributed by atoms with Crippen molar-refractivity contribution >= 4 is 0 Å². The van der Waals surface area contributed by atoms with Crippen molar-refractivity contribution < 1.29 is 5.11 Å². The van der Waals surface area contributed by atoms with Crippen molar-refractivity contribution in [3.05, 3.63) is 65.2 Å². The molecule has 0 aliphatic heterocycles. The molecule has 1 nitrogen and oxygen atoms in total. The topological polar surface area (TPSA) is 20.2 Å². The van der Waals surface area contributed by atoms with Gasteiger partial charge in [0.05, 0.1) is 0 Å². The third-order valence-electron chi connectivity index (χ3n) is 3.45. The van der Waals surface area contributed by atoms with Gasteiger partial charge in [0, 0.05) is 11.5 Å². The maximum absolute atomic E-state index is 9.90. The highest BCUT2D eigenvalue weighted by Crippen LogP contribution is 2.40. The Balaban J connectivity index is 2.08. The van der Waals surface area contributed by atoms with Crippen LogP contribution in [0.25, 0.3) is 0 Å². The summed E-state index contributed by atoms with van der Waals surface area (Å²) in [6, 6.07) is 16.2. The third-order valence-corrected chi connectivity index (χ3v) is 3.45. The van der Waals surface area contributed by atoms with Gasteiger partial charge in [0.15, 0.2) is 0 Å². The summed E-state index contributed by atoms with van der Waals surface area (Å²) in [5, 5.41) is 9.90. The number of rotatable bonds is 1. The summed E-state index contributed by atoms with van der Waals surface area (Å²) in [4.78, 5) is 0. The van der Waals surface area contributed by atoms with Gasteiger partial charge in [-0.1, -0.05) is 42.5 Å². The van der Waals surface area contributed by atoms with Gasteiger partial charge in [0.1, 0.15) is 5.75 Å². The molecule has 0 saturated heterocycles. The molecule has 0 amide bonds. The summed E-state index contributed by atoms with van der Waals surface area (Å²) in [5.41, 5.74) is 3.87. The van der Waals surface area contributed by atoms with Crippen LogP contribution in [0.2, 0.25) is 0 Å². The van der Waals surface area contributed by atoms with Crippen molar-refractivity contribution in [1.29, 1.82) is 0 Å². The molecule has 3 rings (SSSR count). The molecule has 0 radical (unpaired) electrons. The van der Waals surface area contributed by atoms with Gasteiger partial charge in [-0.3, -0.25) is 0 Å². The Hall–Kier alpha value is -1.76. The van der Waals surface area contributed by atoms with Crippen molar-refractivity contribution in [3.8, 4) is 5.75 Å². The number of phenolic OH excluding ortho intramolecular Hbond substituents is 1. The molecule has 1 N–H and O–H groups in total. The maximum atomic E-state index is 9.90. The number of hydrogen-bond acceptors (Lipinski definition) is 1. The molecule has 1 aliphatic rings. The zero-order chi connectivity index (χ0) is 11.0. The maximum Gasteiger partial charge on any atom is 0.119 e. The Labute approximate surface area is 95.4 Å². The summed E-state index contributed by atoms with van der Waals surface area (Å²) >= 11 is 0. The predicted octanol–water partition coefficient (Wildman–Crippen LogP) is 3.47. The van der Waals surface area contributed by atoms with Gasteiger partial charge < -0.3 is 5.11 Å². The average Bonchev–Trinajstić information content (AvgIpc) is 2.74. The molecule has 0 unspecified atom stereocenters. The molecule has 0 bridgehead atoms. The highest BCUT2D eigenvalue weighted by Gasteiger charge is 2.24. The highest BCUT2D eigenvalue weighted by molar-refractivity contribution is 5.46. The van der Waals surface area contributed by atoms with Gasteiger partial charge in [-0.2, -0.15) is 0 Å². The number of aryl methyl sites for hydroxylation is 1. The van der Waals surface area contributed by atoms with E-state index in [0.717, 1.165) is 18.4 Å². The van der Waals surface area contributed by atoms with Gasteiger partial charge in [0.2, 0.25) is 0 Å². The van der Waals surface area contributed by atoms with E-state index in [1.54, 1.807) is 6.07 Å². The average molecular weight is 210 g/mol. The first-order valence-electron chi connectivity index (χ1n) is 5.72. The zero-order valence-corrected chi connectivity index (χ0v) is 9.06. The third kappa shape index (κ3) is 1.40. The molecule has 16 heavy (non-hydrogen) atoms. The largest absolute Gasteiger partial charge is 0.508 e. The first-order valence-corrected chi connectivity index (χ1v) is 5.72.